The van der Waals surface area contributed by atoms with Gasteiger partial charge in [-0.25, -0.2) is 0 Å². The highest BCUT2D eigenvalue weighted by Crippen LogP contribution is 2.17. The quantitative estimate of drug-likeness (QED) is 0.345. The molecule has 1 aromatic carbocycles. The predicted octanol–water partition coefficient (Wildman–Crippen LogP) is 1.26. The molecule has 2 amide bonds. The van der Waals surface area contributed by atoms with E-state index >= 15 is 0 Å². The maximum atomic E-state index is 12.5. The van der Waals surface area contributed by atoms with Crippen molar-refractivity contribution in [1.29, 1.82) is 0 Å². The minimum absolute atomic E-state index is 0.284. The van der Waals surface area contributed by atoms with Crippen molar-refractivity contribution >= 4 is 46.3 Å². The van der Waals surface area contributed by atoms with Crippen LogP contribution in [0.4, 0.5) is 11.4 Å². The molecule has 2 unspecified atom stereocenters. The molecule has 10 nitrogen and oxygen atoms in total. The molecule has 0 aliphatic carbocycles. The number of Topliss-reactive ketones (excluding diaryl/α,β-unsaturated/α-hetero) is 2. The van der Waals surface area contributed by atoms with Crippen molar-refractivity contribution in [2.24, 2.45) is 11.8 Å². The molecule has 0 aliphatic heterocycles. The van der Waals surface area contributed by atoms with Gasteiger partial charge in [0.2, 0.25) is 11.8 Å². The monoisotopic (exact) mass is 470 g/mol. The van der Waals surface area contributed by atoms with Crippen LogP contribution in [0.5, 0.6) is 0 Å². The van der Waals surface area contributed by atoms with Crippen LogP contribution in [0, 0.1) is 11.8 Å². The molecule has 182 valence electrons. The molecule has 0 saturated heterocycles. The van der Waals surface area contributed by atoms with Crippen molar-refractivity contribution in [3.8, 4) is 0 Å². The third-order valence-corrected chi connectivity index (χ3v) is 4.40. The van der Waals surface area contributed by atoms with Crippen LogP contribution >= 0.6 is 0 Å². The Hall–Kier alpha value is -4.08. The molecule has 34 heavy (non-hydrogen) atoms. The van der Waals surface area contributed by atoms with E-state index in [-0.39, 0.29) is 11.4 Å². The van der Waals surface area contributed by atoms with Crippen molar-refractivity contribution in [1.82, 2.24) is 9.80 Å². The van der Waals surface area contributed by atoms with Gasteiger partial charge >= 0.3 is 0 Å². The summed E-state index contributed by atoms with van der Waals surface area (Å²) in [6.45, 7) is 2.31. The maximum Gasteiger partial charge on any atom is 0.242 e. The molecule has 0 bridgehead atoms. The Kier molecular flexibility index (Phi) is 10.5. The van der Waals surface area contributed by atoms with Gasteiger partial charge in [0.05, 0.1) is 0 Å². The van der Waals surface area contributed by atoms with Gasteiger partial charge in [0.1, 0.15) is 11.6 Å². The van der Waals surface area contributed by atoms with Gasteiger partial charge in [-0.05, 0) is 50.3 Å². The highest BCUT2D eigenvalue weighted by atomic mass is 16.2. The number of hydrogen-bond donors (Lipinski definition) is 2. The van der Waals surface area contributed by atoms with Crippen LogP contribution < -0.4 is 10.6 Å². The first-order chi connectivity index (χ1) is 15.8. The number of amides is 2. The molecule has 0 aromatic heterocycles. The van der Waals surface area contributed by atoms with E-state index in [2.05, 4.69) is 10.6 Å². The molecule has 0 saturated carbocycles. The van der Waals surface area contributed by atoms with Gasteiger partial charge in [-0.15, -0.1) is 0 Å². The number of rotatable bonds is 12. The van der Waals surface area contributed by atoms with E-state index in [4.69, 9.17) is 0 Å². The summed E-state index contributed by atoms with van der Waals surface area (Å²) in [6.07, 6.45) is 5.20. The van der Waals surface area contributed by atoms with Gasteiger partial charge in [0.15, 0.2) is 23.4 Å². The maximum absolute atomic E-state index is 12.5. The summed E-state index contributed by atoms with van der Waals surface area (Å²) in [5.41, 5.74) is 0.568. The van der Waals surface area contributed by atoms with Crippen LogP contribution in [0.15, 0.2) is 48.8 Å². The Labute approximate surface area is 198 Å². The highest BCUT2D eigenvalue weighted by Gasteiger charge is 2.30. The van der Waals surface area contributed by atoms with Crippen molar-refractivity contribution in [2.45, 2.75) is 13.8 Å². The average molecular weight is 471 g/mol. The number of carbonyl (C=O) groups excluding carboxylic acids is 6. The van der Waals surface area contributed by atoms with Crippen LogP contribution in [0.3, 0.4) is 0 Å². The third-order valence-electron chi connectivity index (χ3n) is 4.40. The van der Waals surface area contributed by atoms with Gasteiger partial charge in [0.25, 0.3) is 0 Å². The number of benzene rings is 1. The topological polar surface area (TPSA) is 133 Å². The Morgan fingerprint density at radius 3 is 1.18 bits per heavy atom. The minimum atomic E-state index is -1.49. The normalized spacial score (nSPS) is 12.6. The fourth-order valence-corrected chi connectivity index (χ4v) is 2.73. The number of nitrogens with one attached hydrogen (secondary N) is 2. The molecular weight excluding hydrogens is 440 g/mol. The number of ketones is 4. The Balaban J connectivity index is 2.91. The first-order valence-electron chi connectivity index (χ1n) is 10.3. The van der Waals surface area contributed by atoms with Gasteiger partial charge in [-0.1, -0.05) is 0 Å². The lowest BCUT2D eigenvalue weighted by Gasteiger charge is -2.14. The molecule has 0 fully saturated rings. The van der Waals surface area contributed by atoms with Crippen molar-refractivity contribution in [3.63, 3.8) is 0 Å². The fraction of sp³-hybridized carbons (Fsp3) is 0.333. The third kappa shape index (κ3) is 8.81. The highest BCUT2D eigenvalue weighted by molar-refractivity contribution is 6.25. The summed E-state index contributed by atoms with van der Waals surface area (Å²) in [5, 5.41) is 4.99. The summed E-state index contributed by atoms with van der Waals surface area (Å²) < 4.78 is 0. The van der Waals surface area contributed by atoms with Gasteiger partial charge in [-0.2, -0.15) is 0 Å². The lowest BCUT2D eigenvalue weighted by molar-refractivity contribution is -0.138. The number of allylic oxidation sites excluding steroid dienone is 2. The molecular formula is C24H30N4O6. The van der Waals surface area contributed by atoms with Crippen LogP contribution in [0.2, 0.25) is 0 Å². The Morgan fingerprint density at radius 2 is 0.941 bits per heavy atom. The van der Waals surface area contributed by atoms with Crippen LogP contribution in [0.25, 0.3) is 0 Å². The molecule has 0 heterocycles. The second-order valence-corrected chi connectivity index (χ2v) is 8.01. The van der Waals surface area contributed by atoms with E-state index in [1.54, 1.807) is 38.0 Å². The molecule has 1 rings (SSSR count). The average Bonchev–Trinajstić information content (AvgIpc) is 2.71. The summed E-state index contributed by atoms with van der Waals surface area (Å²) in [6, 6.07) is 5.78. The SMILES string of the molecule is CC(=O)C(C(=O)/C=C/N(C)C)C(=O)Nc1ccc(NC(=O)C(C(C)=O)C(=O)/C=C/N(C)C)cc1. The first kappa shape index (κ1) is 28.0. The summed E-state index contributed by atoms with van der Waals surface area (Å²) in [5.74, 6) is -7.05. The number of nitrogens with zero attached hydrogens (tertiary/aromatic N) is 2. The zero-order valence-corrected chi connectivity index (χ0v) is 20.1. The second kappa shape index (κ2) is 12.8. The number of anilines is 2. The van der Waals surface area contributed by atoms with E-state index in [1.807, 2.05) is 0 Å². The second-order valence-electron chi connectivity index (χ2n) is 8.01. The minimum Gasteiger partial charge on any atom is -0.383 e. The zero-order valence-electron chi connectivity index (χ0n) is 20.1. The van der Waals surface area contributed by atoms with Crippen LogP contribution in [0.1, 0.15) is 13.8 Å². The number of carbonyl (C=O) groups is 6. The van der Waals surface area contributed by atoms with E-state index in [1.165, 1.54) is 36.7 Å². The van der Waals surface area contributed by atoms with Crippen LogP contribution in [-0.2, 0) is 28.8 Å². The van der Waals surface area contributed by atoms with Gasteiger partial charge in [-0.3, -0.25) is 28.8 Å². The summed E-state index contributed by atoms with van der Waals surface area (Å²) >= 11 is 0. The largest absolute Gasteiger partial charge is 0.383 e. The van der Waals surface area contributed by atoms with Gasteiger partial charge in [0, 0.05) is 52.0 Å². The predicted molar refractivity (Wildman–Crippen MR) is 128 cm³/mol. The molecule has 2 atom stereocenters. The standard InChI is InChI=1S/C24H30N4O6/c1-15(29)21(19(31)11-13-27(3)4)23(33)25-17-7-9-18(10-8-17)26-24(34)22(16(2)30)20(32)12-14-28(5)6/h7-14,21-22H,1-6H3,(H,25,33)(H,26,34)/b13-11+,14-12+. The lowest BCUT2D eigenvalue weighted by Crippen LogP contribution is -2.34. The first-order valence-corrected chi connectivity index (χ1v) is 10.3. The zero-order chi connectivity index (χ0) is 26.0. The molecule has 0 spiro atoms. The summed E-state index contributed by atoms with van der Waals surface area (Å²) in [7, 11) is 6.79. The smallest absolute Gasteiger partial charge is 0.242 e. The van der Waals surface area contributed by atoms with E-state index < -0.39 is 46.8 Å². The van der Waals surface area contributed by atoms with Crippen molar-refractivity contribution in [3.05, 3.63) is 48.8 Å². The Bertz CT molecular complexity index is 928. The molecule has 1 aromatic rings. The van der Waals surface area contributed by atoms with E-state index in [0.29, 0.717) is 0 Å². The van der Waals surface area contributed by atoms with Crippen molar-refractivity contribution in [2.75, 3.05) is 38.8 Å². The number of hydrogen-bond acceptors (Lipinski definition) is 8. The van der Waals surface area contributed by atoms with E-state index in [9.17, 15) is 28.8 Å². The lowest BCUT2D eigenvalue weighted by atomic mass is 9.98. The van der Waals surface area contributed by atoms with E-state index in [0.717, 1.165) is 26.0 Å². The van der Waals surface area contributed by atoms with Crippen LogP contribution in [-0.4, -0.2) is 72.9 Å². The van der Waals surface area contributed by atoms with Gasteiger partial charge < -0.3 is 20.4 Å². The fourth-order valence-electron chi connectivity index (χ4n) is 2.73. The summed E-state index contributed by atoms with van der Waals surface area (Å²) in [4.78, 5) is 76.4. The van der Waals surface area contributed by atoms with Crippen molar-refractivity contribution < 1.29 is 28.8 Å². The molecule has 10 heteroatoms. The molecule has 0 aliphatic rings. The molecule has 0 radical (unpaired) electrons. The Morgan fingerprint density at radius 1 is 0.647 bits per heavy atom. The molecule has 2 N–H and O–H groups in total.